The first-order valence-electron chi connectivity index (χ1n) is 7.20. The van der Waals surface area contributed by atoms with Gasteiger partial charge in [0.1, 0.15) is 16.8 Å². The third-order valence-corrected chi connectivity index (χ3v) is 3.48. The van der Waals surface area contributed by atoms with Crippen LogP contribution in [0, 0.1) is 13.8 Å². The number of hydrogen-bond acceptors (Lipinski definition) is 5. The van der Waals surface area contributed by atoms with Gasteiger partial charge in [0.15, 0.2) is 5.69 Å². The molecule has 3 heterocycles. The number of nitrogens with one attached hydrogen (secondary N) is 1. The van der Waals surface area contributed by atoms with Crippen LogP contribution in [0.1, 0.15) is 28.9 Å². The molecule has 3 aromatic heterocycles. The molecular formula is C14H18N6O2. The molecule has 3 rings (SSSR count). The zero-order valence-corrected chi connectivity index (χ0v) is 12.8. The monoisotopic (exact) mass is 302 g/mol. The van der Waals surface area contributed by atoms with Gasteiger partial charge in [0, 0.05) is 19.2 Å². The van der Waals surface area contributed by atoms with Gasteiger partial charge < -0.3 is 9.84 Å². The summed E-state index contributed by atoms with van der Waals surface area (Å²) in [6.07, 6.45) is 1.81. The fourth-order valence-electron chi connectivity index (χ4n) is 2.47. The summed E-state index contributed by atoms with van der Waals surface area (Å²) >= 11 is 0. The molecular weight excluding hydrogens is 284 g/mol. The molecule has 0 saturated carbocycles. The smallest absolute Gasteiger partial charge is 0.273 e. The van der Waals surface area contributed by atoms with Crippen LogP contribution in [-0.4, -0.2) is 37.2 Å². The molecule has 0 unspecified atom stereocenters. The molecule has 3 aromatic rings. The minimum absolute atomic E-state index is 0.249. The van der Waals surface area contributed by atoms with Crippen LogP contribution in [0.25, 0.3) is 11.0 Å². The maximum absolute atomic E-state index is 11.9. The lowest BCUT2D eigenvalue weighted by Gasteiger charge is -2.04. The van der Waals surface area contributed by atoms with Crippen molar-refractivity contribution >= 4 is 16.9 Å². The minimum Gasteiger partial charge on any atom is -0.361 e. The Bertz CT molecular complexity index is 813. The first-order valence-corrected chi connectivity index (χ1v) is 7.20. The van der Waals surface area contributed by atoms with Crippen LogP contribution in [0.3, 0.4) is 0 Å². The fourth-order valence-corrected chi connectivity index (χ4v) is 2.47. The van der Waals surface area contributed by atoms with E-state index in [0.717, 1.165) is 23.3 Å². The molecule has 116 valence electrons. The number of nitrogens with zero attached hydrogens (tertiary/aromatic N) is 5. The highest BCUT2D eigenvalue weighted by Gasteiger charge is 2.13. The van der Waals surface area contributed by atoms with Crippen LogP contribution in [-0.2, 0) is 13.1 Å². The molecule has 1 amide bonds. The topological polar surface area (TPSA) is 90.8 Å². The van der Waals surface area contributed by atoms with E-state index in [9.17, 15) is 4.79 Å². The molecule has 0 bridgehead atoms. The van der Waals surface area contributed by atoms with Crippen LogP contribution in [0.5, 0.6) is 0 Å². The molecule has 22 heavy (non-hydrogen) atoms. The van der Waals surface area contributed by atoms with Crippen molar-refractivity contribution in [1.29, 1.82) is 0 Å². The van der Waals surface area contributed by atoms with E-state index < -0.39 is 0 Å². The van der Waals surface area contributed by atoms with Crippen molar-refractivity contribution in [2.24, 2.45) is 0 Å². The Morgan fingerprint density at radius 3 is 2.86 bits per heavy atom. The van der Waals surface area contributed by atoms with Gasteiger partial charge in [0.25, 0.3) is 5.91 Å². The predicted molar refractivity (Wildman–Crippen MR) is 79.5 cm³/mol. The minimum atomic E-state index is -0.249. The van der Waals surface area contributed by atoms with Gasteiger partial charge in [-0.05, 0) is 20.8 Å². The summed E-state index contributed by atoms with van der Waals surface area (Å²) in [5.41, 5.74) is 3.25. The van der Waals surface area contributed by atoms with Crippen LogP contribution in [0.4, 0.5) is 0 Å². The largest absolute Gasteiger partial charge is 0.361 e. The van der Waals surface area contributed by atoms with E-state index in [1.54, 1.807) is 13.0 Å². The van der Waals surface area contributed by atoms with E-state index in [4.69, 9.17) is 4.52 Å². The fraction of sp³-hybridized carbons (Fsp3) is 0.429. The molecule has 8 heteroatoms. The number of carbonyl (C=O) groups excluding carboxylic acids is 1. The molecule has 0 aliphatic rings. The highest BCUT2D eigenvalue weighted by molar-refractivity contribution is 5.92. The highest BCUT2D eigenvalue weighted by atomic mass is 16.5. The van der Waals surface area contributed by atoms with Crippen molar-refractivity contribution in [2.45, 2.75) is 33.9 Å². The summed E-state index contributed by atoms with van der Waals surface area (Å²) in [5.74, 6) is 0.364. The molecule has 0 saturated heterocycles. The van der Waals surface area contributed by atoms with Crippen molar-refractivity contribution in [1.82, 2.24) is 30.0 Å². The van der Waals surface area contributed by atoms with E-state index in [1.165, 1.54) is 0 Å². The summed E-state index contributed by atoms with van der Waals surface area (Å²) in [7, 11) is 0. The second kappa shape index (κ2) is 5.63. The third kappa shape index (κ3) is 2.47. The van der Waals surface area contributed by atoms with E-state index in [1.807, 2.05) is 29.4 Å². The van der Waals surface area contributed by atoms with Gasteiger partial charge in [-0.2, -0.15) is 10.2 Å². The standard InChI is InChI=1S/C14H18N6O2/c1-4-19-12-8-16-20(13(12)10(3)17-19)6-5-15-14(21)11-7-9(2)22-18-11/h7-8H,4-6H2,1-3H3,(H,15,21). The highest BCUT2D eigenvalue weighted by Crippen LogP contribution is 2.17. The van der Waals surface area contributed by atoms with Crippen molar-refractivity contribution in [3.63, 3.8) is 0 Å². The molecule has 0 atom stereocenters. The number of fused-ring (bicyclic) bond motifs is 1. The van der Waals surface area contributed by atoms with Crippen LogP contribution < -0.4 is 5.32 Å². The summed E-state index contributed by atoms with van der Waals surface area (Å²) in [6.45, 7) is 7.59. The number of carbonyl (C=O) groups is 1. The Labute approximate surface area is 127 Å². The Morgan fingerprint density at radius 2 is 2.18 bits per heavy atom. The number of rotatable bonds is 5. The van der Waals surface area contributed by atoms with Crippen molar-refractivity contribution < 1.29 is 9.32 Å². The summed E-state index contributed by atoms with van der Waals surface area (Å²) in [6, 6.07) is 1.61. The normalized spacial score (nSPS) is 11.2. The Hall–Kier alpha value is -2.64. The zero-order valence-electron chi connectivity index (χ0n) is 12.8. The van der Waals surface area contributed by atoms with Gasteiger partial charge >= 0.3 is 0 Å². The second-order valence-electron chi connectivity index (χ2n) is 5.08. The molecule has 8 nitrogen and oxygen atoms in total. The SMILES string of the molecule is CCn1nc(C)c2c1cnn2CCNC(=O)c1cc(C)on1. The molecule has 0 aromatic carbocycles. The van der Waals surface area contributed by atoms with Crippen molar-refractivity contribution in [3.05, 3.63) is 29.4 Å². The maximum atomic E-state index is 11.9. The van der Waals surface area contributed by atoms with E-state index >= 15 is 0 Å². The quantitative estimate of drug-likeness (QED) is 0.767. The molecule has 0 radical (unpaired) electrons. The average Bonchev–Trinajstić information content (AvgIpc) is 3.17. The lowest BCUT2D eigenvalue weighted by atomic mass is 10.3. The lowest BCUT2D eigenvalue weighted by Crippen LogP contribution is -2.27. The van der Waals surface area contributed by atoms with Crippen molar-refractivity contribution in [3.8, 4) is 0 Å². The lowest BCUT2D eigenvalue weighted by molar-refractivity contribution is 0.0943. The van der Waals surface area contributed by atoms with Gasteiger partial charge in [0.05, 0.1) is 18.4 Å². The third-order valence-electron chi connectivity index (χ3n) is 3.48. The first kappa shape index (κ1) is 14.3. The number of aryl methyl sites for hydroxylation is 3. The van der Waals surface area contributed by atoms with Crippen LogP contribution >= 0.6 is 0 Å². The van der Waals surface area contributed by atoms with E-state index in [0.29, 0.717) is 18.8 Å². The van der Waals surface area contributed by atoms with E-state index in [2.05, 4.69) is 20.7 Å². The Morgan fingerprint density at radius 1 is 1.36 bits per heavy atom. The van der Waals surface area contributed by atoms with Crippen molar-refractivity contribution in [2.75, 3.05) is 6.54 Å². The number of aromatic nitrogens is 5. The van der Waals surface area contributed by atoms with Gasteiger partial charge in [0.2, 0.25) is 0 Å². The zero-order chi connectivity index (χ0) is 15.7. The van der Waals surface area contributed by atoms with Crippen LogP contribution in [0.2, 0.25) is 0 Å². The molecule has 0 aliphatic heterocycles. The Kier molecular flexibility index (Phi) is 3.66. The maximum Gasteiger partial charge on any atom is 0.273 e. The van der Waals surface area contributed by atoms with Gasteiger partial charge in [-0.25, -0.2) is 0 Å². The summed E-state index contributed by atoms with van der Waals surface area (Å²) in [4.78, 5) is 11.9. The van der Waals surface area contributed by atoms with Gasteiger partial charge in [-0.3, -0.25) is 14.2 Å². The molecule has 0 spiro atoms. The van der Waals surface area contributed by atoms with Gasteiger partial charge in [-0.15, -0.1) is 0 Å². The average molecular weight is 302 g/mol. The molecule has 1 N–H and O–H groups in total. The van der Waals surface area contributed by atoms with Crippen LogP contribution in [0.15, 0.2) is 16.8 Å². The number of hydrogen-bond donors (Lipinski definition) is 1. The van der Waals surface area contributed by atoms with E-state index in [-0.39, 0.29) is 11.6 Å². The Balaban J connectivity index is 1.67. The second-order valence-corrected chi connectivity index (χ2v) is 5.08. The summed E-state index contributed by atoms with van der Waals surface area (Å²) in [5, 5.41) is 15.3. The predicted octanol–water partition coefficient (Wildman–Crippen LogP) is 1.29. The van der Waals surface area contributed by atoms with Gasteiger partial charge in [-0.1, -0.05) is 5.16 Å². The first-order chi connectivity index (χ1) is 10.6. The number of amides is 1. The summed E-state index contributed by atoms with van der Waals surface area (Å²) < 4.78 is 8.67. The molecule has 0 fully saturated rings. The molecule has 0 aliphatic carbocycles.